The van der Waals surface area contributed by atoms with E-state index in [0.717, 1.165) is 17.4 Å². The lowest BCUT2D eigenvalue weighted by Crippen LogP contribution is -2.42. The van der Waals surface area contributed by atoms with Crippen LogP contribution in [0.4, 0.5) is 13.2 Å². The minimum atomic E-state index is -4.63. The molecule has 0 radical (unpaired) electrons. The van der Waals surface area contributed by atoms with E-state index in [0.29, 0.717) is 13.2 Å². The third-order valence-electron chi connectivity index (χ3n) is 3.23. The lowest BCUT2D eigenvalue weighted by molar-refractivity contribution is -0.145. The van der Waals surface area contributed by atoms with Crippen molar-refractivity contribution in [1.29, 1.82) is 0 Å². The molecule has 1 atom stereocenters. The largest absolute Gasteiger partial charge is 0.451 e. The second kappa shape index (κ2) is 6.20. The Balaban J connectivity index is 1.72. The maximum atomic E-state index is 12.4. The molecule has 2 aromatic rings. The molecule has 3 rings (SSSR count). The number of aromatic nitrogens is 3. The number of nitrogens with zero attached hydrogens (tertiary/aromatic N) is 4. The number of thiazole rings is 1. The Morgan fingerprint density at radius 1 is 1.30 bits per heavy atom. The topological polar surface area (TPSA) is 68.2 Å². The minimum Gasteiger partial charge on any atom is -0.367 e. The zero-order valence-electron chi connectivity index (χ0n) is 11.7. The van der Waals surface area contributed by atoms with Crippen LogP contribution in [0.3, 0.4) is 0 Å². The lowest BCUT2D eigenvalue weighted by Gasteiger charge is -2.31. The number of halogens is 3. The molecule has 23 heavy (non-hydrogen) atoms. The van der Waals surface area contributed by atoms with Crippen molar-refractivity contribution in [2.75, 3.05) is 19.7 Å². The van der Waals surface area contributed by atoms with Crippen LogP contribution in [0.15, 0.2) is 24.0 Å². The van der Waals surface area contributed by atoms with Crippen molar-refractivity contribution in [3.63, 3.8) is 0 Å². The monoisotopic (exact) mass is 344 g/mol. The molecule has 1 amide bonds. The number of rotatable bonds is 2. The van der Waals surface area contributed by atoms with Crippen molar-refractivity contribution in [3.05, 3.63) is 40.4 Å². The molecule has 0 saturated carbocycles. The average Bonchev–Trinajstić information content (AvgIpc) is 3.08. The Labute approximate surface area is 133 Å². The molecule has 3 heterocycles. The second-order valence-corrected chi connectivity index (χ2v) is 5.70. The van der Waals surface area contributed by atoms with Crippen LogP contribution in [0, 0.1) is 0 Å². The average molecular weight is 344 g/mol. The molecule has 2 aromatic heterocycles. The molecule has 6 nitrogen and oxygen atoms in total. The van der Waals surface area contributed by atoms with Gasteiger partial charge in [0, 0.05) is 30.5 Å². The summed E-state index contributed by atoms with van der Waals surface area (Å²) in [4.78, 5) is 24.4. The normalized spacial score (nSPS) is 18.9. The first-order valence-electron chi connectivity index (χ1n) is 6.64. The van der Waals surface area contributed by atoms with E-state index in [4.69, 9.17) is 4.74 Å². The van der Waals surface area contributed by atoms with Gasteiger partial charge in [-0.15, -0.1) is 11.3 Å². The number of morpholine rings is 1. The molecule has 0 spiro atoms. The maximum Gasteiger partial charge on any atom is 0.451 e. The summed E-state index contributed by atoms with van der Waals surface area (Å²) in [5.74, 6) is -1.69. The Morgan fingerprint density at radius 2 is 2.04 bits per heavy atom. The molecule has 1 aliphatic rings. The van der Waals surface area contributed by atoms with E-state index in [1.54, 1.807) is 6.20 Å². The fraction of sp³-hybridized carbons (Fsp3) is 0.385. The molecule has 10 heteroatoms. The summed E-state index contributed by atoms with van der Waals surface area (Å²) in [7, 11) is 0. The first-order chi connectivity index (χ1) is 10.9. The molecule has 0 aromatic carbocycles. The molecule has 0 aliphatic carbocycles. The summed E-state index contributed by atoms with van der Waals surface area (Å²) in [6.07, 6.45) is -1.52. The Bertz CT molecular complexity index is 676. The summed E-state index contributed by atoms with van der Waals surface area (Å²) >= 11 is 1.42. The molecule has 1 fully saturated rings. The van der Waals surface area contributed by atoms with Gasteiger partial charge in [-0.05, 0) is 0 Å². The van der Waals surface area contributed by atoms with Gasteiger partial charge in [0.25, 0.3) is 5.91 Å². The highest BCUT2D eigenvalue weighted by Crippen LogP contribution is 2.26. The van der Waals surface area contributed by atoms with Gasteiger partial charge in [0.2, 0.25) is 5.82 Å². The predicted molar refractivity (Wildman–Crippen MR) is 73.7 cm³/mol. The van der Waals surface area contributed by atoms with E-state index in [9.17, 15) is 18.0 Å². The summed E-state index contributed by atoms with van der Waals surface area (Å²) in [5.41, 5.74) is 0.0118. The van der Waals surface area contributed by atoms with Crippen LogP contribution < -0.4 is 0 Å². The standard InChI is InChI=1S/C13H11F3N4O2S/c14-13(15,16)12-18-5-8(6-19-12)11(21)20-2-3-22-9(7-20)10-17-1-4-23-10/h1,4-6,9H,2-3,7H2. The van der Waals surface area contributed by atoms with Crippen LogP contribution in [-0.2, 0) is 10.9 Å². The minimum absolute atomic E-state index is 0.0118. The number of carbonyl (C=O) groups excluding carboxylic acids is 1. The fourth-order valence-corrected chi connectivity index (χ4v) is 2.82. The highest BCUT2D eigenvalue weighted by molar-refractivity contribution is 7.09. The third-order valence-corrected chi connectivity index (χ3v) is 4.10. The van der Waals surface area contributed by atoms with E-state index >= 15 is 0 Å². The van der Waals surface area contributed by atoms with Crippen molar-refractivity contribution in [1.82, 2.24) is 19.9 Å². The quantitative estimate of drug-likeness (QED) is 0.835. The number of amides is 1. The van der Waals surface area contributed by atoms with Crippen molar-refractivity contribution < 1.29 is 22.7 Å². The van der Waals surface area contributed by atoms with Gasteiger partial charge in [0.05, 0.1) is 18.7 Å². The Morgan fingerprint density at radius 3 is 2.65 bits per heavy atom. The number of carbonyl (C=O) groups is 1. The number of hydrogen-bond donors (Lipinski definition) is 0. The summed E-state index contributed by atoms with van der Waals surface area (Å²) in [6.45, 7) is 0.965. The summed E-state index contributed by atoms with van der Waals surface area (Å²) in [5, 5.41) is 2.56. The Hall–Kier alpha value is -2.07. The van der Waals surface area contributed by atoms with Crippen LogP contribution >= 0.6 is 11.3 Å². The fourth-order valence-electron chi connectivity index (χ4n) is 2.14. The third kappa shape index (κ3) is 3.48. The van der Waals surface area contributed by atoms with Gasteiger partial charge in [0.1, 0.15) is 11.1 Å². The van der Waals surface area contributed by atoms with Crippen LogP contribution in [0.2, 0.25) is 0 Å². The van der Waals surface area contributed by atoms with E-state index in [1.165, 1.54) is 16.2 Å². The highest BCUT2D eigenvalue weighted by Gasteiger charge is 2.35. The highest BCUT2D eigenvalue weighted by atomic mass is 32.1. The van der Waals surface area contributed by atoms with Gasteiger partial charge in [-0.2, -0.15) is 13.2 Å². The summed E-state index contributed by atoms with van der Waals surface area (Å²) < 4.78 is 42.9. The van der Waals surface area contributed by atoms with Gasteiger partial charge < -0.3 is 9.64 Å². The molecule has 1 saturated heterocycles. The predicted octanol–water partition coefficient (Wildman–Crippen LogP) is 2.17. The zero-order valence-corrected chi connectivity index (χ0v) is 12.5. The first-order valence-corrected chi connectivity index (χ1v) is 7.52. The van der Waals surface area contributed by atoms with Crippen LogP contribution in [0.25, 0.3) is 0 Å². The maximum absolute atomic E-state index is 12.4. The van der Waals surface area contributed by atoms with E-state index in [1.807, 2.05) is 5.38 Å². The molecular weight excluding hydrogens is 333 g/mol. The van der Waals surface area contributed by atoms with Crippen molar-refractivity contribution in [2.24, 2.45) is 0 Å². The molecule has 0 bridgehead atoms. The van der Waals surface area contributed by atoms with E-state index in [-0.39, 0.29) is 18.2 Å². The Kier molecular flexibility index (Phi) is 4.26. The number of ether oxygens (including phenoxy) is 1. The van der Waals surface area contributed by atoms with Gasteiger partial charge in [0.15, 0.2) is 0 Å². The van der Waals surface area contributed by atoms with Crippen molar-refractivity contribution >= 4 is 17.2 Å². The smallest absolute Gasteiger partial charge is 0.367 e. The van der Waals surface area contributed by atoms with Crippen LogP contribution in [0.5, 0.6) is 0 Å². The van der Waals surface area contributed by atoms with Gasteiger partial charge in [-0.25, -0.2) is 15.0 Å². The molecule has 0 N–H and O–H groups in total. The van der Waals surface area contributed by atoms with Crippen molar-refractivity contribution in [2.45, 2.75) is 12.3 Å². The first kappa shape index (κ1) is 15.8. The molecule has 122 valence electrons. The van der Waals surface area contributed by atoms with Crippen LogP contribution in [0.1, 0.15) is 27.3 Å². The number of hydrogen-bond acceptors (Lipinski definition) is 6. The van der Waals surface area contributed by atoms with Gasteiger partial charge >= 0.3 is 6.18 Å². The molecule has 1 unspecified atom stereocenters. The van der Waals surface area contributed by atoms with E-state index in [2.05, 4.69) is 15.0 Å². The SMILES string of the molecule is O=C(c1cnc(C(F)(F)F)nc1)N1CCOC(c2nccs2)C1. The van der Waals surface area contributed by atoms with E-state index < -0.39 is 17.9 Å². The molecular formula is C13H11F3N4O2S. The van der Waals surface area contributed by atoms with Gasteiger partial charge in [-0.1, -0.05) is 0 Å². The van der Waals surface area contributed by atoms with Gasteiger partial charge in [-0.3, -0.25) is 4.79 Å². The zero-order chi connectivity index (χ0) is 16.4. The lowest BCUT2D eigenvalue weighted by atomic mass is 10.2. The molecule has 1 aliphatic heterocycles. The van der Waals surface area contributed by atoms with Crippen LogP contribution in [-0.4, -0.2) is 45.5 Å². The summed E-state index contributed by atoms with van der Waals surface area (Å²) in [6, 6.07) is 0. The van der Waals surface area contributed by atoms with Crippen molar-refractivity contribution in [3.8, 4) is 0 Å². The second-order valence-electron chi connectivity index (χ2n) is 4.77. The number of alkyl halides is 3.